The number of hydrogen-bond acceptors (Lipinski definition) is 3. The maximum atomic E-state index is 13.7. The Morgan fingerprint density at radius 1 is 1.18 bits per heavy atom. The molecule has 22 heavy (non-hydrogen) atoms. The molecule has 2 rings (SSSR count). The minimum atomic E-state index is -0.318. The van der Waals surface area contributed by atoms with E-state index in [4.69, 9.17) is 10.2 Å². The molecule has 1 amide bonds. The Bertz CT molecular complexity index is 610. The number of benzene rings is 1. The van der Waals surface area contributed by atoms with Gasteiger partial charge in [-0.25, -0.2) is 4.39 Å². The summed E-state index contributed by atoms with van der Waals surface area (Å²) < 4.78 is 19.3. The molecule has 0 radical (unpaired) electrons. The van der Waals surface area contributed by atoms with Gasteiger partial charge in [-0.15, -0.1) is 0 Å². The first-order valence-corrected chi connectivity index (χ1v) is 7.51. The van der Waals surface area contributed by atoms with Crippen LogP contribution in [0, 0.1) is 5.82 Å². The zero-order valence-electron chi connectivity index (χ0n) is 12.5. The molecule has 0 aliphatic rings. The molecule has 3 N–H and O–H groups in total. The van der Waals surface area contributed by atoms with Gasteiger partial charge in [0.15, 0.2) is 0 Å². The van der Waals surface area contributed by atoms with Gasteiger partial charge in [0.1, 0.15) is 17.3 Å². The highest BCUT2D eigenvalue weighted by molar-refractivity contribution is 5.76. The fourth-order valence-electron chi connectivity index (χ4n) is 2.14. The molecule has 0 saturated carbocycles. The van der Waals surface area contributed by atoms with Crippen molar-refractivity contribution in [2.75, 3.05) is 13.1 Å². The first-order valence-electron chi connectivity index (χ1n) is 7.51. The third-order valence-corrected chi connectivity index (χ3v) is 3.35. The highest BCUT2D eigenvalue weighted by Crippen LogP contribution is 2.25. The van der Waals surface area contributed by atoms with Crippen LogP contribution >= 0.6 is 0 Å². The molecule has 0 unspecified atom stereocenters. The molecule has 0 aliphatic carbocycles. The second-order valence-electron chi connectivity index (χ2n) is 5.09. The molecule has 0 bridgehead atoms. The minimum Gasteiger partial charge on any atom is -0.461 e. The lowest BCUT2D eigenvalue weighted by molar-refractivity contribution is -0.121. The molecule has 1 aromatic carbocycles. The van der Waals surface area contributed by atoms with Crippen molar-refractivity contribution in [2.45, 2.75) is 25.7 Å². The van der Waals surface area contributed by atoms with Gasteiger partial charge in [-0.2, -0.15) is 0 Å². The van der Waals surface area contributed by atoms with E-state index in [0.717, 1.165) is 12.8 Å². The lowest BCUT2D eigenvalue weighted by Gasteiger charge is -2.03. The lowest BCUT2D eigenvalue weighted by atomic mass is 10.1. The van der Waals surface area contributed by atoms with Crippen molar-refractivity contribution in [3.8, 4) is 11.3 Å². The minimum absolute atomic E-state index is 0.0131. The fraction of sp³-hybridized carbons (Fsp3) is 0.353. The van der Waals surface area contributed by atoms with E-state index >= 15 is 0 Å². The topological polar surface area (TPSA) is 68.3 Å². The Hall–Kier alpha value is -2.14. The van der Waals surface area contributed by atoms with Crippen LogP contribution in [-0.4, -0.2) is 19.0 Å². The van der Waals surface area contributed by atoms with Crippen LogP contribution in [0.4, 0.5) is 4.39 Å². The summed E-state index contributed by atoms with van der Waals surface area (Å²) >= 11 is 0. The summed E-state index contributed by atoms with van der Waals surface area (Å²) in [5, 5.41) is 2.84. The molecule has 0 aliphatic heterocycles. The summed E-state index contributed by atoms with van der Waals surface area (Å²) in [6.45, 7) is 1.29. The number of aryl methyl sites for hydroxylation is 1. The summed E-state index contributed by atoms with van der Waals surface area (Å²) in [5.74, 6) is 0.828. The zero-order chi connectivity index (χ0) is 15.8. The monoisotopic (exact) mass is 304 g/mol. The van der Waals surface area contributed by atoms with Crippen LogP contribution in [0.5, 0.6) is 0 Å². The molecule has 0 atom stereocenters. The van der Waals surface area contributed by atoms with Gasteiger partial charge in [0, 0.05) is 19.4 Å². The molecule has 1 aromatic heterocycles. The maximum Gasteiger partial charge on any atom is 0.220 e. The molecular formula is C17H21FN2O2. The molecular weight excluding hydrogens is 283 g/mol. The summed E-state index contributed by atoms with van der Waals surface area (Å²) in [7, 11) is 0. The Labute approximate surface area is 129 Å². The number of carbonyl (C=O) groups is 1. The Kier molecular flexibility index (Phi) is 6.15. The van der Waals surface area contributed by atoms with Gasteiger partial charge in [0.2, 0.25) is 5.91 Å². The standard InChI is InChI=1S/C17H21FN2O2/c18-15-6-2-1-5-14(15)16-9-7-13(22-16)8-10-17(21)20-12-4-3-11-19/h1-2,5-7,9H,3-4,8,10-12,19H2,(H,20,21). The van der Waals surface area contributed by atoms with Crippen LogP contribution in [0.25, 0.3) is 11.3 Å². The van der Waals surface area contributed by atoms with Crippen LogP contribution in [-0.2, 0) is 11.2 Å². The molecule has 1 heterocycles. The van der Waals surface area contributed by atoms with Gasteiger partial charge in [-0.1, -0.05) is 12.1 Å². The van der Waals surface area contributed by atoms with Crippen molar-refractivity contribution in [3.05, 3.63) is 48.0 Å². The molecule has 4 nitrogen and oxygen atoms in total. The Morgan fingerprint density at radius 2 is 2.00 bits per heavy atom. The number of hydrogen-bond donors (Lipinski definition) is 2. The molecule has 0 fully saturated rings. The average Bonchev–Trinajstić information content (AvgIpc) is 2.99. The van der Waals surface area contributed by atoms with Gasteiger partial charge >= 0.3 is 0 Å². The molecule has 2 aromatic rings. The van der Waals surface area contributed by atoms with Gasteiger partial charge in [-0.3, -0.25) is 4.79 Å². The van der Waals surface area contributed by atoms with Gasteiger partial charge in [0.25, 0.3) is 0 Å². The van der Waals surface area contributed by atoms with E-state index < -0.39 is 0 Å². The SMILES string of the molecule is NCCCCNC(=O)CCc1ccc(-c2ccccc2F)o1. The van der Waals surface area contributed by atoms with Crippen LogP contribution < -0.4 is 11.1 Å². The van der Waals surface area contributed by atoms with E-state index in [2.05, 4.69) is 5.32 Å². The van der Waals surface area contributed by atoms with Gasteiger partial charge in [0.05, 0.1) is 5.56 Å². The van der Waals surface area contributed by atoms with E-state index in [0.29, 0.717) is 43.0 Å². The Balaban J connectivity index is 1.83. The Morgan fingerprint density at radius 3 is 2.77 bits per heavy atom. The van der Waals surface area contributed by atoms with Crippen LogP contribution in [0.2, 0.25) is 0 Å². The van der Waals surface area contributed by atoms with Crippen LogP contribution in [0.3, 0.4) is 0 Å². The number of unbranched alkanes of at least 4 members (excludes halogenated alkanes) is 1. The van der Waals surface area contributed by atoms with Crippen molar-refractivity contribution < 1.29 is 13.6 Å². The van der Waals surface area contributed by atoms with E-state index in [1.807, 2.05) is 0 Å². The first kappa shape index (κ1) is 16.2. The quantitative estimate of drug-likeness (QED) is 0.737. The summed E-state index contributed by atoms with van der Waals surface area (Å²) in [4.78, 5) is 11.7. The fourth-order valence-corrected chi connectivity index (χ4v) is 2.14. The van der Waals surface area contributed by atoms with Crippen LogP contribution in [0.15, 0.2) is 40.8 Å². The highest BCUT2D eigenvalue weighted by Gasteiger charge is 2.10. The third-order valence-electron chi connectivity index (χ3n) is 3.35. The van der Waals surface area contributed by atoms with Crippen molar-refractivity contribution in [2.24, 2.45) is 5.73 Å². The second kappa shape index (κ2) is 8.34. The maximum absolute atomic E-state index is 13.7. The molecule has 0 saturated heterocycles. The van der Waals surface area contributed by atoms with Crippen LogP contribution in [0.1, 0.15) is 25.0 Å². The van der Waals surface area contributed by atoms with Crippen molar-refractivity contribution in [3.63, 3.8) is 0 Å². The zero-order valence-corrected chi connectivity index (χ0v) is 12.5. The highest BCUT2D eigenvalue weighted by atomic mass is 19.1. The summed E-state index contributed by atoms with van der Waals surface area (Å²) in [6, 6.07) is 9.97. The van der Waals surface area contributed by atoms with Gasteiger partial charge in [-0.05, 0) is 43.7 Å². The molecule has 118 valence electrons. The number of amides is 1. The number of halogens is 1. The largest absolute Gasteiger partial charge is 0.461 e. The number of nitrogens with two attached hydrogens (primary N) is 1. The summed E-state index contributed by atoms with van der Waals surface area (Å²) in [5.41, 5.74) is 5.82. The smallest absolute Gasteiger partial charge is 0.220 e. The number of furan rings is 1. The summed E-state index contributed by atoms with van der Waals surface area (Å²) in [6.07, 6.45) is 2.65. The van der Waals surface area contributed by atoms with E-state index in [1.165, 1.54) is 6.07 Å². The van der Waals surface area contributed by atoms with Crippen molar-refractivity contribution >= 4 is 5.91 Å². The predicted octanol–water partition coefficient (Wildman–Crippen LogP) is 2.87. The predicted molar refractivity (Wildman–Crippen MR) is 83.7 cm³/mol. The van der Waals surface area contributed by atoms with E-state index in [1.54, 1.807) is 30.3 Å². The molecule has 5 heteroatoms. The molecule has 0 spiro atoms. The van der Waals surface area contributed by atoms with E-state index in [-0.39, 0.29) is 11.7 Å². The van der Waals surface area contributed by atoms with Crippen molar-refractivity contribution in [1.29, 1.82) is 0 Å². The number of carbonyl (C=O) groups excluding carboxylic acids is 1. The average molecular weight is 304 g/mol. The first-order chi connectivity index (χ1) is 10.7. The van der Waals surface area contributed by atoms with Crippen molar-refractivity contribution in [1.82, 2.24) is 5.32 Å². The number of nitrogens with one attached hydrogen (secondary N) is 1. The normalized spacial score (nSPS) is 10.6. The second-order valence-corrected chi connectivity index (χ2v) is 5.09. The third kappa shape index (κ3) is 4.70. The van der Waals surface area contributed by atoms with E-state index in [9.17, 15) is 9.18 Å². The lowest BCUT2D eigenvalue weighted by Crippen LogP contribution is -2.25. The number of rotatable bonds is 8. The van der Waals surface area contributed by atoms with Gasteiger partial charge < -0.3 is 15.5 Å².